The highest BCUT2D eigenvalue weighted by atomic mass is 32.1. The first-order valence-corrected chi connectivity index (χ1v) is 10.9. The normalized spacial score (nSPS) is 11.3. The summed E-state index contributed by atoms with van der Waals surface area (Å²) < 4.78 is 26.0. The van der Waals surface area contributed by atoms with Gasteiger partial charge in [0.25, 0.3) is 0 Å². The number of carbonyl (C=O) groups is 1. The number of halogens is 1. The van der Waals surface area contributed by atoms with E-state index in [2.05, 4.69) is 25.1 Å². The molecule has 4 rings (SSSR count). The zero-order chi connectivity index (χ0) is 23.6. The van der Waals surface area contributed by atoms with Crippen molar-refractivity contribution in [3.63, 3.8) is 0 Å². The molecule has 0 aliphatic carbocycles. The summed E-state index contributed by atoms with van der Waals surface area (Å²) in [6, 6.07) is 10.7. The number of ether oxygens (including phenoxy) is 1. The van der Waals surface area contributed by atoms with Crippen LogP contribution in [0.4, 0.5) is 20.7 Å². The SMILES string of the molecule is Cn1nc(C(C)(C)C)cc1NC(=O)Nc1ccc(Oc2ccnc(-c3ccns3)c2)cc1F. The molecule has 0 unspecified atom stereocenters. The van der Waals surface area contributed by atoms with E-state index in [1.807, 2.05) is 26.8 Å². The van der Waals surface area contributed by atoms with Crippen LogP contribution in [0.25, 0.3) is 10.6 Å². The van der Waals surface area contributed by atoms with Crippen LogP contribution in [0.2, 0.25) is 0 Å². The van der Waals surface area contributed by atoms with Gasteiger partial charge in [0.2, 0.25) is 0 Å². The molecule has 0 saturated carbocycles. The zero-order valence-corrected chi connectivity index (χ0v) is 19.4. The Kier molecular flexibility index (Phi) is 6.10. The van der Waals surface area contributed by atoms with Crippen LogP contribution in [-0.4, -0.2) is 25.2 Å². The Bertz CT molecular complexity index is 1280. The van der Waals surface area contributed by atoms with Crippen LogP contribution in [0.5, 0.6) is 11.5 Å². The number of hydrogen-bond acceptors (Lipinski definition) is 6. The molecule has 0 bridgehead atoms. The third-order valence-electron chi connectivity index (χ3n) is 4.74. The van der Waals surface area contributed by atoms with E-state index in [4.69, 9.17) is 4.74 Å². The van der Waals surface area contributed by atoms with E-state index in [9.17, 15) is 9.18 Å². The fraction of sp³-hybridized carbons (Fsp3) is 0.217. The Morgan fingerprint density at radius 2 is 1.85 bits per heavy atom. The monoisotopic (exact) mass is 466 g/mol. The minimum atomic E-state index is -0.625. The lowest BCUT2D eigenvalue weighted by atomic mass is 9.92. The molecular weight excluding hydrogens is 443 g/mol. The van der Waals surface area contributed by atoms with Crippen molar-refractivity contribution in [1.82, 2.24) is 19.1 Å². The van der Waals surface area contributed by atoms with Crippen molar-refractivity contribution in [2.75, 3.05) is 10.6 Å². The molecule has 33 heavy (non-hydrogen) atoms. The predicted molar refractivity (Wildman–Crippen MR) is 126 cm³/mol. The van der Waals surface area contributed by atoms with Gasteiger partial charge in [0.05, 0.1) is 22.0 Å². The first-order valence-electron chi connectivity index (χ1n) is 10.2. The maximum absolute atomic E-state index is 14.6. The Morgan fingerprint density at radius 3 is 2.52 bits per heavy atom. The third-order valence-corrected chi connectivity index (χ3v) is 5.51. The maximum Gasteiger partial charge on any atom is 0.324 e. The van der Waals surface area contributed by atoms with Gasteiger partial charge in [-0.2, -0.15) is 5.10 Å². The second-order valence-electron chi connectivity index (χ2n) is 8.36. The third kappa shape index (κ3) is 5.35. The number of nitrogens with one attached hydrogen (secondary N) is 2. The Balaban J connectivity index is 1.42. The van der Waals surface area contributed by atoms with E-state index in [0.29, 0.717) is 17.3 Å². The standard InChI is InChI=1S/C23H23FN6O2S/c1-23(2,3)20-13-21(30(4)29-20)28-22(31)27-17-6-5-14(11-16(17)24)32-15-7-9-25-18(12-15)19-8-10-26-33-19/h5-13H,1-4H3,(H2,27,28,31). The van der Waals surface area contributed by atoms with E-state index in [-0.39, 0.29) is 11.1 Å². The van der Waals surface area contributed by atoms with E-state index >= 15 is 0 Å². The Labute approximate surface area is 194 Å². The molecule has 4 aromatic rings. The summed E-state index contributed by atoms with van der Waals surface area (Å²) in [5, 5.41) is 9.62. The fourth-order valence-corrected chi connectivity index (χ4v) is 3.54. The summed E-state index contributed by atoms with van der Waals surface area (Å²) in [5.74, 6) is 0.686. The molecule has 2 amide bonds. The lowest BCUT2D eigenvalue weighted by Crippen LogP contribution is -2.21. The molecule has 170 valence electrons. The number of nitrogens with zero attached hydrogens (tertiary/aromatic N) is 4. The second-order valence-corrected chi connectivity index (χ2v) is 9.20. The number of anilines is 2. The number of carbonyl (C=O) groups excluding carboxylic acids is 1. The van der Waals surface area contributed by atoms with Gasteiger partial charge in [0.15, 0.2) is 0 Å². The Morgan fingerprint density at radius 1 is 1.06 bits per heavy atom. The average Bonchev–Trinajstić information content (AvgIpc) is 3.41. The molecule has 0 saturated heterocycles. The highest BCUT2D eigenvalue weighted by Gasteiger charge is 2.20. The van der Waals surface area contributed by atoms with Gasteiger partial charge in [-0.25, -0.2) is 13.6 Å². The summed E-state index contributed by atoms with van der Waals surface area (Å²) in [4.78, 5) is 17.6. The summed E-state index contributed by atoms with van der Waals surface area (Å²) in [6.07, 6.45) is 3.31. The van der Waals surface area contributed by atoms with Crippen LogP contribution >= 0.6 is 11.5 Å². The van der Waals surface area contributed by atoms with Gasteiger partial charge in [0, 0.05) is 43.1 Å². The number of benzene rings is 1. The maximum atomic E-state index is 14.6. The summed E-state index contributed by atoms with van der Waals surface area (Å²) in [6.45, 7) is 6.10. The van der Waals surface area contributed by atoms with Crippen molar-refractivity contribution in [2.45, 2.75) is 26.2 Å². The number of urea groups is 1. The lowest BCUT2D eigenvalue weighted by Gasteiger charge is -2.13. The predicted octanol–water partition coefficient (Wildman–Crippen LogP) is 5.81. The van der Waals surface area contributed by atoms with E-state index in [0.717, 1.165) is 16.3 Å². The minimum Gasteiger partial charge on any atom is -0.457 e. The number of pyridine rings is 1. The van der Waals surface area contributed by atoms with Gasteiger partial charge in [-0.3, -0.25) is 15.0 Å². The molecule has 0 radical (unpaired) electrons. The van der Waals surface area contributed by atoms with Gasteiger partial charge in [-0.05, 0) is 35.8 Å². The number of hydrogen-bond donors (Lipinski definition) is 2. The van der Waals surface area contributed by atoms with Crippen LogP contribution in [0, 0.1) is 5.82 Å². The van der Waals surface area contributed by atoms with Gasteiger partial charge in [-0.15, -0.1) is 0 Å². The Hall–Kier alpha value is -3.79. The molecule has 3 heterocycles. The molecule has 0 aliphatic rings. The first-order chi connectivity index (χ1) is 15.7. The van der Waals surface area contributed by atoms with E-state index < -0.39 is 11.8 Å². The molecule has 8 nitrogen and oxygen atoms in total. The van der Waals surface area contributed by atoms with Gasteiger partial charge in [-0.1, -0.05) is 20.8 Å². The second kappa shape index (κ2) is 8.99. The van der Waals surface area contributed by atoms with Crippen LogP contribution < -0.4 is 15.4 Å². The van der Waals surface area contributed by atoms with Gasteiger partial charge >= 0.3 is 6.03 Å². The van der Waals surface area contributed by atoms with Gasteiger partial charge < -0.3 is 10.1 Å². The summed E-state index contributed by atoms with van der Waals surface area (Å²) >= 11 is 1.33. The minimum absolute atomic E-state index is 0.0261. The van der Waals surface area contributed by atoms with Crippen molar-refractivity contribution < 1.29 is 13.9 Å². The topological polar surface area (TPSA) is 94.0 Å². The molecular formula is C23H23FN6O2S. The van der Waals surface area contributed by atoms with E-state index in [1.54, 1.807) is 48.4 Å². The summed E-state index contributed by atoms with van der Waals surface area (Å²) in [7, 11) is 1.73. The number of aromatic nitrogens is 4. The van der Waals surface area contributed by atoms with Crippen LogP contribution in [0.15, 0.2) is 54.9 Å². The van der Waals surface area contributed by atoms with Gasteiger partial charge in [0.1, 0.15) is 23.1 Å². The van der Waals surface area contributed by atoms with Crippen molar-refractivity contribution in [1.29, 1.82) is 0 Å². The molecule has 0 fully saturated rings. The van der Waals surface area contributed by atoms with Crippen LogP contribution in [-0.2, 0) is 12.5 Å². The largest absolute Gasteiger partial charge is 0.457 e. The molecule has 0 aliphatic heterocycles. The van der Waals surface area contributed by atoms with Crippen molar-refractivity contribution in [2.24, 2.45) is 7.05 Å². The highest BCUT2D eigenvalue weighted by Crippen LogP contribution is 2.29. The van der Waals surface area contributed by atoms with Crippen molar-refractivity contribution >= 4 is 29.1 Å². The number of aryl methyl sites for hydroxylation is 1. The molecule has 10 heteroatoms. The quantitative estimate of drug-likeness (QED) is 0.387. The lowest BCUT2D eigenvalue weighted by molar-refractivity contribution is 0.262. The number of amides is 2. The molecule has 1 aromatic carbocycles. The highest BCUT2D eigenvalue weighted by molar-refractivity contribution is 7.09. The molecule has 3 aromatic heterocycles. The zero-order valence-electron chi connectivity index (χ0n) is 18.6. The van der Waals surface area contributed by atoms with Crippen molar-refractivity contribution in [3.8, 4) is 22.1 Å². The first kappa shape index (κ1) is 22.4. The van der Waals surface area contributed by atoms with Crippen LogP contribution in [0.3, 0.4) is 0 Å². The van der Waals surface area contributed by atoms with Crippen molar-refractivity contribution in [3.05, 3.63) is 66.4 Å². The fourth-order valence-electron chi connectivity index (χ4n) is 2.97. The number of rotatable bonds is 5. The molecule has 2 N–H and O–H groups in total. The van der Waals surface area contributed by atoms with Crippen LogP contribution in [0.1, 0.15) is 26.5 Å². The average molecular weight is 467 g/mol. The molecule has 0 atom stereocenters. The summed E-state index contributed by atoms with van der Waals surface area (Å²) in [5.41, 5.74) is 1.42. The smallest absolute Gasteiger partial charge is 0.324 e. The van der Waals surface area contributed by atoms with E-state index in [1.165, 1.54) is 23.7 Å². The molecule has 0 spiro atoms.